The topological polar surface area (TPSA) is 26.3 Å². The van der Waals surface area contributed by atoms with Gasteiger partial charge in [0.2, 0.25) is 5.75 Å². The third-order valence-electron chi connectivity index (χ3n) is 0.622. The van der Waals surface area contributed by atoms with Crippen LogP contribution in [0.5, 0.6) is 0 Å². The van der Waals surface area contributed by atoms with E-state index in [-0.39, 0.29) is 16.1 Å². The lowest BCUT2D eigenvalue weighted by atomic mass is 10.8. The van der Waals surface area contributed by atoms with Crippen LogP contribution in [0, 0.1) is 0 Å². The van der Waals surface area contributed by atoms with E-state index in [1.54, 1.807) is 13.2 Å². The van der Waals surface area contributed by atoms with E-state index in [2.05, 4.69) is 4.74 Å². The zero-order valence-electron chi connectivity index (χ0n) is 5.52. The van der Waals surface area contributed by atoms with Gasteiger partial charge < -0.3 is 4.74 Å². The minimum atomic E-state index is -0.349. The fourth-order valence-electron chi connectivity index (χ4n) is 0.365. The molecule has 0 saturated carbocycles. The Morgan fingerprint density at radius 2 is 2.33 bits per heavy atom. The average Bonchev–Trinajstić information content (AvgIpc) is 1.63. The highest BCUT2D eigenvalue weighted by atomic mass is 35.7. The summed E-state index contributed by atoms with van der Waals surface area (Å²) in [7, 11) is 5.19. The molecule has 0 aromatic carbocycles. The van der Waals surface area contributed by atoms with Crippen LogP contribution in [0.1, 0.15) is 6.92 Å². The number of carbonyl (C=O) groups excluding carboxylic acids is 1. The second kappa shape index (κ2) is 4.94. The van der Waals surface area contributed by atoms with Gasteiger partial charge in [0.1, 0.15) is 16.4 Å². The second-order valence-electron chi connectivity index (χ2n) is 1.50. The van der Waals surface area contributed by atoms with E-state index < -0.39 is 0 Å². The summed E-state index contributed by atoms with van der Waals surface area (Å²) in [5.41, 5.74) is 0. The van der Waals surface area contributed by atoms with Gasteiger partial charge in [-0.2, -0.15) is 0 Å². The van der Waals surface area contributed by atoms with Crippen molar-refractivity contribution in [1.29, 1.82) is 0 Å². The van der Waals surface area contributed by atoms with Crippen molar-refractivity contribution >= 4 is 26.8 Å². The van der Waals surface area contributed by atoms with E-state index in [4.69, 9.17) is 10.7 Å². The highest BCUT2D eigenvalue weighted by molar-refractivity contribution is 8.18. The molecule has 1 atom stereocenters. The van der Waals surface area contributed by atoms with E-state index in [9.17, 15) is 4.79 Å². The molecule has 0 fully saturated rings. The zero-order valence-corrected chi connectivity index (χ0v) is 7.09. The lowest BCUT2D eigenvalue weighted by Gasteiger charge is -1.95. The lowest BCUT2D eigenvalue weighted by molar-refractivity contribution is -0.139. The van der Waals surface area contributed by atoms with E-state index in [0.717, 1.165) is 0 Å². The Labute approximate surface area is 62.4 Å². The maximum Gasteiger partial charge on any atom is 0.358 e. The molecule has 2 nitrogen and oxygen atoms in total. The van der Waals surface area contributed by atoms with Gasteiger partial charge in [0, 0.05) is 0 Å². The van der Waals surface area contributed by atoms with Crippen molar-refractivity contribution in [2.45, 2.75) is 6.92 Å². The van der Waals surface area contributed by atoms with Gasteiger partial charge in [-0.1, -0.05) is 0 Å². The minimum absolute atomic E-state index is 0.210. The number of ether oxygens (including phenoxy) is 1. The molecule has 0 spiro atoms. The van der Waals surface area contributed by atoms with E-state index in [0.29, 0.717) is 12.4 Å². The molecule has 0 saturated heterocycles. The molecule has 4 heteroatoms. The quantitative estimate of drug-likeness (QED) is 0.465. The molecule has 0 aromatic rings. The van der Waals surface area contributed by atoms with Crippen molar-refractivity contribution in [3.63, 3.8) is 0 Å². The van der Waals surface area contributed by atoms with Crippen LogP contribution in [0.3, 0.4) is 0 Å². The molecule has 0 bridgehead atoms. The van der Waals surface area contributed by atoms with Crippen LogP contribution in [-0.2, 0) is 19.6 Å². The molecular weight excluding hydrogens is 160 g/mol. The molecule has 1 unspecified atom stereocenters. The number of hydrogen-bond acceptors (Lipinski definition) is 2. The first-order valence-electron chi connectivity index (χ1n) is 2.61. The smallest absolute Gasteiger partial charge is 0.358 e. The Bertz CT molecular complexity index is 95.0. The highest BCUT2D eigenvalue weighted by Gasteiger charge is 2.14. The number of halogens is 1. The summed E-state index contributed by atoms with van der Waals surface area (Å²) in [6.07, 6.45) is 1.79. The van der Waals surface area contributed by atoms with Gasteiger partial charge in [-0.25, -0.2) is 4.79 Å². The van der Waals surface area contributed by atoms with Crippen molar-refractivity contribution in [1.82, 2.24) is 0 Å². The van der Waals surface area contributed by atoms with Gasteiger partial charge in [0.05, 0.1) is 6.61 Å². The molecule has 0 N–H and O–H groups in total. The standard InChI is InChI=1S/C5H10ClO2S/c1-3-8-5(7)4-9(2)6/h3-4H2,1-2H3/q+1. The van der Waals surface area contributed by atoms with E-state index in [1.165, 1.54) is 0 Å². The molecule has 0 aliphatic carbocycles. The monoisotopic (exact) mass is 169 g/mol. The third kappa shape index (κ3) is 5.99. The summed E-state index contributed by atoms with van der Waals surface area (Å²) in [4.78, 5) is 10.6. The van der Waals surface area contributed by atoms with Crippen LogP contribution >= 0.6 is 10.7 Å². The normalized spacial score (nSPS) is 12.8. The molecule has 0 heterocycles. The highest BCUT2D eigenvalue weighted by Crippen LogP contribution is 1.97. The van der Waals surface area contributed by atoms with Crippen molar-refractivity contribution in [3.8, 4) is 0 Å². The van der Waals surface area contributed by atoms with Crippen molar-refractivity contribution in [2.75, 3.05) is 18.6 Å². The predicted molar refractivity (Wildman–Crippen MR) is 40.6 cm³/mol. The summed E-state index contributed by atoms with van der Waals surface area (Å²) in [6, 6.07) is 0. The van der Waals surface area contributed by atoms with Crippen LogP contribution in [0.25, 0.3) is 0 Å². The Hall–Kier alpha value is 0.110. The van der Waals surface area contributed by atoms with E-state index >= 15 is 0 Å². The van der Waals surface area contributed by atoms with Crippen LogP contribution < -0.4 is 0 Å². The number of carbonyl (C=O) groups is 1. The first-order chi connectivity index (χ1) is 4.16. The SMILES string of the molecule is CCOC(=O)C[S+](C)Cl. The summed E-state index contributed by atoms with van der Waals surface area (Å²) < 4.78 is 4.64. The maximum absolute atomic E-state index is 10.6. The Kier molecular flexibility index (Phi) is 5.00. The molecule has 0 aliphatic rings. The Morgan fingerprint density at radius 1 is 1.78 bits per heavy atom. The fourth-order valence-corrected chi connectivity index (χ4v) is 1.04. The fraction of sp³-hybridized carbons (Fsp3) is 0.800. The molecule has 0 amide bonds. The number of esters is 1. The second-order valence-corrected chi connectivity index (χ2v) is 4.47. The largest absolute Gasteiger partial charge is 0.462 e. The summed E-state index contributed by atoms with van der Waals surface area (Å²) >= 11 is 0. The van der Waals surface area contributed by atoms with Crippen molar-refractivity contribution in [2.24, 2.45) is 0 Å². The van der Waals surface area contributed by atoms with Crippen molar-refractivity contribution < 1.29 is 9.53 Å². The summed E-state index contributed by atoms with van der Waals surface area (Å²) in [6.45, 7) is 2.22. The van der Waals surface area contributed by atoms with Gasteiger partial charge in [-0.3, -0.25) is 0 Å². The molecule has 0 rings (SSSR count). The predicted octanol–water partition coefficient (Wildman–Crippen LogP) is 0.951. The number of hydrogen-bond donors (Lipinski definition) is 0. The van der Waals surface area contributed by atoms with Crippen LogP contribution in [0.2, 0.25) is 0 Å². The van der Waals surface area contributed by atoms with Gasteiger partial charge in [-0.05, 0) is 6.92 Å². The van der Waals surface area contributed by atoms with Crippen LogP contribution in [0.4, 0.5) is 0 Å². The van der Waals surface area contributed by atoms with Crippen LogP contribution in [-0.4, -0.2) is 24.6 Å². The lowest BCUT2D eigenvalue weighted by Crippen LogP contribution is -2.13. The number of rotatable bonds is 3. The van der Waals surface area contributed by atoms with Gasteiger partial charge in [0.25, 0.3) is 0 Å². The molecule has 0 aliphatic heterocycles. The van der Waals surface area contributed by atoms with Gasteiger partial charge in [-0.15, -0.1) is 0 Å². The molecular formula is C5H10ClO2S+. The third-order valence-corrected chi connectivity index (χ3v) is 1.58. The summed E-state index contributed by atoms with van der Waals surface area (Å²) in [5.74, 6) is 0.119. The first kappa shape index (κ1) is 9.11. The van der Waals surface area contributed by atoms with Crippen LogP contribution in [0.15, 0.2) is 0 Å². The molecule has 0 aromatic heterocycles. The molecule has 0 radical (unpaired) electrons. The maximum atomic E-state index is 10.6. The zero-order chi connectivity index (χ0) is 7.28. The minimum Gasteiger partial charge on any atom is -0.462 e. The van der Waals surface area contributed by atoms with E-state index in [1.807, 2.05) is 0 Å². The Balaban J connectivity index is 3.27. The van der Waals surface area contributed by atoms with Gasteiger partial charge in [0.15, 0.2) is 10.7 Å². The van der Waals surface area contributed by atoms with Gasteiger partial charge >= 0.3 is 5.97 Å². The van der Waals surface area contributed by atoms with Crippen molar-refractivity contribution in [3.05, 3.63) is 0 Å². The average molecular weight is 170 g/mol. The first-order valence-corrected chi connectivity index (χ1v) is 5.24. The Morgan fingerprint density at radius 3 is 2.67 bits per heavy atom. The molecule has 54 valence electrons. The molecule has 9 heavy (non-hydrogen) atoms. The summed E-state index contributed by atoms with van der Waals surface area (Å²) in [5, 5.41) is 0.